The number of rotatable bonds is 3. The van der Waals surface area contributed by atoms with Crippen LogP contribution in [0, 0.1) is 0 Å². The van der Waals surface area contributed by atoms with Crippen molar-refractivity contribution in [3.8, 4) is 0 Å². The lowest BCUT2D eigenvalue weighted by atomic mass is 10.1. The van der Waals surface area contributed by atoms with Crippen molar-refractivity contribution in [1.82, 2.24) is 4.98 Å². The minimum absolute atomic E-state index is 0.0977. The van der Waals surface area contributed by atoms with E-state index in [2.05, 4.69) is 16.4 Å². The number of hydrogen-bond acceptors (Lipinski definition) is 2. The second-order valence-electron chi connectivity index (χ2n) is 4.87. The van der Waals surface area contributed by atoms with Gasteiger partial charge >= 0.3 is 0 Å². The summed E-state index contributed by atoms with van der Waals surface area (Å²) in [4.78, 5) is 3.27. The molecule has 0 spiro atoms. The molecule has 0 amide bonds. The number of aromatic amines is 1. The van der Waals surface area contributed by atoms with Crippen molar-refractivity contribution in [2.24, 2.45) is 0 Å². The molecule has 0 saturated heterocycles. The molecule has 1 aromatic heterocycles. The summed E-state index contributed by atoms with van der Waals surface area (Å²) in [6, 6.07) is 6.73. The molecule has 1 heterocycles. The van der Waals surface area contributed by atoms with Crippen LogP contribution in [0.15, 0.2) is 24.4 Å². The number of aliphatic hydroxyl groups excluding tert-OH is 1. The molecule has 1 aliphatic rings. The van der Waals surface area contributed by atoms with Gasteiger partial charge in [-0.15, -0.1) is 0 Å². The van der Waals surface area contributed by atoms with Crippen LogP contribution in [0.5, 0.6) is 0 Å². The van der Waals surface area contributed by atoms with Gasteiger partial charge in [-0.1, -0.05) is 12.8 Å². The van der Waals surface area contributed by atoms with Gasteiger partial charge in [0.2, 0.25) is 0 Å². The number of anilines is 1. The van der Waals surface area contributed by atoms with Gasteiger partial charge in [0, 0.05) is 17.6 Å². The molecular formula is C14H18N2O. The third-order valence-electron chi connectivity index (χ3n) is 3.62. The number of nitrogens with one attached hydrogen (secondary N) is 2. The van der Waals surface area contributed by atoms with Crippen LogP contribution in [0.25, 0.3) is 10.9 Å². The molecule has 3 heteroatoms. The van der Waals surface area contributed by atoms with Crippen molar-refractivity contribution in [2.45, 2.75) is 38.3 Å². The van der Waals surface area contributed by atoms with Crippen molar-refractivity contribution < 1.29 is 5.11 Å². The Morgan fingerprint density at radius 2 is 2.12 bits per heavy atom. The van der Waals surface area contributed by atoms with Crippen LogP contribution in [0.1, 0.15) is 31.2 Å². The standard InChI is InChI=1S/C14H18N2O/c17-9-10-7-11-5-6-15-14(11)13(8-10)16-12-3-1-2-4-12/h5-8,12,15-17H,1-4,9H2. The van der Waals surface area contributed by atoms with Crippen LogP contribution in [0.4, 0.5) is 5.69 Å². The first-order valence-electron chi connectivity index (χ1n) is 6.34. The fourth-order valence-electron chi connectivity index (χ4n) is 2.73. The Morgan fingerprint density at radius 3 is 2.88 bits per heavy atom. The molecule has 17 heavy (non-hydrogen) atoms. The van der Waals surface area contributed by atoms with Gasteiger partial charge in [0.25, 0.3) is 0 Å². The van der Waals surface area contributed by atoms with Crippen molar-refractivity contribution in [2.75, 3.05) is 5.32 Å². The van der Waals surface area contributed by atoms with E-state index in [-0.39, 0.29) is 6.61 Å². The summed E-state index contributed by atoms with van der Waals surface area (Å²) in [6.07, 6.45) is 7.11. The Morgan fingerprint density at radius 1 is 1.29 bits per heavy atom. The maximum atomic E-state index is 9.28. The Hall–Kier alpha value is -1.48. The molecule has 1 saturated carbocycles. The van der Waals surface area contributed by atoms with Crippen LogP contribution < -0.4 is 5.32 Å². The van der Waals surface area contributed by atoms with Crippen molar-refractivity contribution >= 4 is 16.6 Å². The summed E-state index contributed by atoms with van der Waals surface area (Å²) in [5.41, 5.74) is 3.25. The van der Waals surface area contributed by atoms with Crippen molar-refractivity contribution in [3.63, 3.8) is 0 Å². The second kappa shape index (κ2) is 4.41. The van der Waals surface area contributed by atoms with Crippen molar-refractivity contribution in [1.29, 1.82) is 0 Å². The quantitative estimate of drug-likeness (QED) is 0.759. The molecule has 3 nitrogen and oxygen atoms in total. The maximum absolute atomic E-state index is 9.28. The van der Waals surface area contributed by atoms with Gasteiger partial charge in [0.1, 0.15) is 0 Å². The molecule has 0 bridgehead atoms. The lowest BCUT2D eigenvalue weighted by molar-refractivity contribution is 0.282. The lowest BCUT2D eigenvalue weighted by Gasteiger charge is -2.15. The summed E-state index contributed by atoms with van der Waals surface area (Å²) in [5, 5.41) is 14.0. The van der Waals surface area contributed by atoms with E-state index in [4.69, 9.17) is 0 Å². The monoisotopic (exact) mass is 230 g/mol. The predicted molar refractivity (Wildman–Crippen MR) is 70.1 cm³/mol. The molecular weight excluding hydrogens is 212 g/mol. The van der Waals surface area contributed by atoms with E-state index < -0.39 is 0 Å². The number of benzene rings is 1. The topological polar surface area (TPSA) is 48.0 Å². The van der Waals surface area contributed by atoms with E-state index in [9.17, 15) is 5.11 Å². The van der Waals surface area contributed by atoms with Gasteiger partial charge < -0.3 is 15.4 Å². The largest absolute Gasteiger partial charge is 0.392 e. The first kappa shape index (κ1) is 10.7. The van der Waals surface area contributed by atoms with Gasteiger partial charge in [0.15, 0.2) is 0 Å². The number of H-pyrrole nitrogens is 1. The highest BCUT2D eigenvalue weighted by Gasteiger charge is 2.16. The molecule has 3 N–H and O–H groups in total. The molecule has 1 fully saturated rings. The zero-order valence-corrected chi connectivity index (χ0v) is 9.87. The lowest BCUT2D eigenvalue weighted by Crippen LogP contribution is -2.14. The minimum Gasteiger partial charge on any atom is -0.392 e. The van der Waals surface area contributed by atoms with Gasteiger partial charge in [-0.05, 0) is 36.6 Å². The Labute approximate surface area is 101 Å². The molecule has 0 unspecified atom stereocenters. The predicted octanol–water partition coefficient (Wildman–Crippen LogP) is 3.01. The second-order valence-corrected chi connectivity index (χ2v) is 4.87. The van der Waals surface area contributed by atoms with Crippen molar-refractivity contribution in [3.05, 3.63) is 30.0 Å². The smallest absolute Gasteiger partial charge is 0.0689 e. The SMILES string of the molecule is OCc1cc(NC2CCCC2)c2[nH]ccc2c1. The van der Waals surface area contributed by atoms with Gasteiger partial charge in [-0.25, -0.2) is 0 Å². The van der Waals surface area contributed by atoms with E-state index in [1.54, 1.807) is 0 Å². The zero-order chi connectivity index (χ0) is 11.7. The number of aromatic nitrogens is 1. The Balaban J connectivity index is 1.97. The summed E-state index contributed by atoms with van der Waals surface area (Å²) in [5.74, 6) is 0. The van der Waals surface area contributed by atoms with Gasteiger partial charge in [-0.2, -0.15) is 0 Å². The fraction of sp³-hybridized carbons (Fsp3) is 0.429. The first-order chi connectivity index (χ1) is 8.36. The van der Waals surface area contributed by atoms with Gasteiger partial charge in [0.05, 0.1) is 17.8 Å². The summed E-state index contributed by atoms with van der Waals surface area (Å²) in [7, 11) is 0. The Kier molecular flexibility index (Phi) is 2.77. The molecule has 90 valence electrons. The fourth-order valence-corrected chi connectivity index (χ4v) is 2.73. The van der Waals surface area contributed by atoms with E-state index in [1.807, 2.05) is 18.3 Å². The summed E-state index contributed by atoms with van der Waals surface area (Å²) in [6.45, 7) is 0.0977. The third kappa shape index (κ3) is 2.03. The van der Waals surface area contributed by atoms with E-state index in [1.165, 1.54) is 25.7 Å². The summed E-state index contributed by atoms with van der Waals surface area (Å²) < 4.78 is 0. The van der Waals surface area contributed by atoms with Crippen LogP contribution in [-0.2, 0) is 6.61 Å². The molecule has 0 atom stereocenters. The first-order valence-corrected chi connectivity index (χ1v) is 6.34. The third-order valence-corrected chi connectivity index (χ3v) is 3.62. The van der Waals surface area contributed by atoms with Crippen LogP contribution in [-0.4, -0.2) is 16.1 Å². The molecule has 1 aliphatic carbocycles. The molecule has 1 aromatic carbocycles. The highest BCUT2D eigenvalue weighted by atomic mass is 16.3. The minimum atomic E-state index is 0.0977. The van der Waals surface area contributed by atoms with Gasteiger partial charge in [-0.3, -0.25) is 0 Å². The molecule has 3 rings (SSSR count). The number of hydrogen-bond donors (Lipinski definition) is 3. The number of fused-ring (bicyclic) bond motifs is 1. The van der Waals surface area contributed by atoms with Crippen LogP contribution in [0.3, 0.4) is 0 Å². The molecule has 0 aliphatic heterocycles. The average Bonchev–Trinajstić information content (AvgIpc) is 2.98. The molecule has 0 radical (unpaired) electrons. The average molecular weight is 230 g/mol. The van der Waals surface area contributed by atoms with E-state index in [0.717, 1.165) is 22.2 Å². The number of aliphatic hydroxyl groups is 1. The normalized spacial score (nSPS) is 16.8. The molecule has 2 aromatic rings. The zero-order valence-electron chi connectivity index (χ0n) is 9.87. The Bertz CT molecular complexity index is 512. The van der Waals surface area contributed by atoms with Crippen LogP contribution in [0.2, 0.25) is 0 Å². The van der Waals surface area contributed by atoms with Crippen LogP contribution >= 0.6 is 0 Å². The maximum Gasteiger partial charge on any atom is 0.0689 e. The van der Waals surface area contributed by atoms with E-state index in [0.29, 0.717) is 6.04 Å². The highest BCUT2D eigenvalue weighted by molar-refractivity contribution is 5.91. The highest BCUT2D eigenvalue weighted by Crippen LogP contribution is 2.28. The van der Waals surface area contributed by atoms with E-state index >= 15 is 0 Å². The summed E-state index contributed by atoms with van der Waals surface area (Å²) >= 11 is 0.